The van der Waals surface area contributed by atoms with Gasteiger partial charge in [-0.2, -0.15) is 0 Å². The summed E-state index contributed by atoms with van der Waals surface area (Å²) in [5.41, 5.74) is 3.98. The molecule has 0 fully saturated rings. The Labute approximate surface area is 118 Å². The van der Waals surface area contributed by atoms with E-state index in [1.54, 1.807) is 18.5 Å². The van der Waals surface area contributed by atoms with Crippen molar-refractivity contribution in [2.45, 2.75) is 27.1 Å². The highest BCUT2D eigenvalue weighted by atomic mass is 16.6. The van der Waals surface area contributed by atoms with Gasteiger partial charge in [0, 0.05) is 5.56 Å². The first-order chi connectivity index (χ1) is 9.70. The fraction of sp³-hybridized carbons (Fsp3) is 0.267. The zero-order valence-corrected chi connectivity index (χ0v) is 11.5. The van der Waals surface area contributed by atoms with Crippen molar-refractivity contribution in [3.05, 3.63) is 58.7 Å². The van der Waals surface area contributed by atoms with Crippen molar-refractivity contribution in [1.82, 2.24) is 9.97 Å². The largest absolute Gasteiger partial charge is 0.389 e. The number of aryl methyl sites for hydroxylation is 2. The molecule has 103 valence electrons. The molecule has 0 N–H and O–H groups in total. The summed E-state index contributed by atoms with van der Waals surface area (Å²) in [6, 6.07) is 7.30. The fourth-order valence-electron chi connectivity index (χ4n) is 1.65. The first-order valence-corrected chi connectivity index (χ1v) is 6.31. The molecule has 1 aromatic heterocycles. The lowest BCUT2D eigenvalue weighted by Crippen LogP contribution is -1.99. The summed E-state index contributed by atoms with van der Waals surface area (Å²) in [5, 5.41) is 14.8. The zero-order valence-electron chi connectivity index (χ0n) is 11.5. The van der Waals surface area contributed by atoms with E-state index < -0.39 is 0 Å². The highest BCUT2D eigenvalue weighted by molar-refractivity contribution is 5.81. The van der Waals surface area contributed by atoms with Crippen molar-refractivity contribution in [3.8, 4) is 0 Å². The molecule has 0 amide bonds. The maximum Gasteiger partial charge on any atom is 0.160 e. The highest BCUT2D eigenvalue weighted by Crippen LogP contribution is 2.07. The monoisotopic (exact) mass is 270 g/mol. The van der Waals surface area contributed by atoms with E-state index >= 15 is 0 Å². The summed E-state index contributed by atoms with van der Waals surface area (Å²) in [5.74, 6) is 0. The van der Waals surface area contributed by atoms with Gasteiger partial charge in [0.2, 0.25) is 0 Å². The van der Waals surface area contributed by atoms with Crippen molar-refractivity contribution >= 4 is 6.21 Å². The van der Waals surface area contributed by atoms with Crippen LogP contribution in [-0.2, 0) is 23.2 Å². The van der Waals surface area contributed by atoms with E-state index in [0.29, 0.717) is 5.56 Å². The molecule has 2 rings (SSSR count). The predicted molar refractivity (Wildman–Crippen MR) is 74.7 cm³/mol. The third-order valence-electron chi connectivity index (χ3n) is 2.93. The molecule has 5 heteroatoms. The van der Waals surface area contributed by atoms with Crippen LogP contribution in [0.15, 0.2) is 35.6 Å². The maximum atomic E-state index is 11.0. The lowest BCUT2D eigenvalue weighted by atomic mass is 10.1. The Morgan fingerprint density at radius 2 is 2.05 bits per heavy atom. The Balaban J connectivity index is 1.95. The lowest BCUT2D eigenvalue weighted by Gasteiger charge is -2.03. The summed E-state index contributed by atoms with van der Waals surface area (Å²) < 4.78 is 0. The number of oxime groups is 1. The van der Waals surface area contributed by atoms with Crippen LogP contribution in [0.2, 0.25) is 0 Å². The van der Waals surface area contributed by atoms with Gasteiger partial charge in [0.05, 0.1) is 29.5 Å². The van der Waals surface area contributed by atoms with Gasteiger partial charge < -0.3 is 4.84 Å². The van der Waals surface area contributed by atoms with Gasteiger partial charge in [-0.1, -0.05) is 29.4 Å². The van der Waals surface area contributed by atoms with Gasteiger partial charge in [-0.25, -0.2) is 5.11 Å². The second-order valence-corrected chi connectivity index (χ2v) is 4.38. The Kier molecular flexibility index (Phi) is 4.79. The summed E-state index contributed by atoms with van der Waals surface area (Å²) in [4.78, 5) is 13.7. The SMILES string of the molecule is Cc1ncc(CO/N=C/c2ccccc2C[O])nc1C. The Morgan fingerprint density at radius 1 is 1.25 bits per heavy atom. The lowest BCUT2D eigenvalue weighted by molar-refractivity contribution is 0.129. The van der Waals surface area contributed by atoms with Crippen LogP contribution >= 0.6 is 0 Å². The molecule has 0 bridgehead atoms. The predicted octanol–water partition coefficient (Wildman–Crippen LogP) is 2.57. The normalized spacial score (nSPS) is 10.9. The third kappa shape index (κ3) is 3.61. The van der Waals surface area contributed by atoms with Gasteiger partial charge >= 0.3 is 0 Å². The second kappa shape index (κ2) is 6.77. The molecule has 0 atom stereocenters. The molecular weight excluding hydrogens is 254 g/mol. The van der Waals surface area contributed by atoms with Crippen LogP contribution in [0.25, 0.3) is 0 Å². The van der Waals surface area contributed by atoms with Crippen molar-refractivity contribution in [2.75, 3.05) is 0 Å². The minimum atomic E-state index is -0.273. The number of aromatic nitrogens is 2. The van der Waals surface area contributed by atoms with Gasteiger partial charge in [0.15, 0.2) is 6.61 Å². The fourth-order valence-corrected chi connectivity index (χ4v) is 1.65. The quantitative estimate of drug-likeness (QED) is 0.619. The van der Waals surface area contributed by atoms with E-state index in [1.807, 2.05) is 32.0 Å². The van der Waals surface area contributed by atoms with Crippen LogP contribution in [0.5, 0.6) is 0 Å². The van der Waals surface area contributed by atoms with Crippen LogP contribution in [-0.4, -0.2) is 16.2 Å². The van der Waals surface area contributed by atoms with E-state index in [4.69, 9.17) is 4.84 Å². The van der Waals surface area contributed by atoms with Crippen LogP contribution < -0.4 is 0 Å². The number of benzene rings is 1. The average Bonchev–Trinajstić information content (AvgIpc) is 2.47. The summed E-state index contributed by atoms with van der Waals surface area (Å²) in [6.45, 7) is 3.79. The molecule has 0 aliphatic rings. The average molecular weight is 270 g/mol. The van der Waals surface area contributed by atoms with E-state index in [9.17, 15) is 5.11 Å². The molecule has 1 radical (unpaired) electrons. The molecule has 20 heavy (non-hydrogen) atoms. The molecule has 0 aliphatic carbocycles. The van der Waals surface area contributed by atoms with E-state index in [1.165, 1.54) is 0 Å². The molecule has 0 saturated heterocycles. The topological polar surface area (TPSA) is 67.3 Å². The molecule has 1 aromatic carbocycles. The molecule has 2 aromatic rings. The summed E-state index contributed by atoms with van der Waals surface area (Å²) >= 11 is 0. The maximum absolute atomic E-state index is 11.0. The smallest absolute Gasteiger partial charge is 0.160 e. The highest BCUT2D eigenvalue weighted by Gasteiger charge is 2.00. The Bertz CT molecular complexity index is 612. The summed E-state index contributed by atoms with van der Waals surface area (Å²) in [6.07, 6.45) is 3.21. The van der Waals surface area contributed by atoms with Crippen LogP contribution in [0.3, 0.4) is 0 Å². The van der Waals surface area contributed by atoms with Gasteiger partial charge in [-0.15, -0.1) is 0 Å². The van der Waals surface area contributed by atoms with Crippen molar-refractivity contribution in [3.63, 3.8) is 0 Å². The van der Waals surface area contributed by atoms with E-state index in [-0.39, 0.29) is 13.2 Å². The van der Waals surface area contributed by atoms with E-state index in [2.05, 4.69) is 15.1 Å². The van der Waals surface area contributed by atoms with Gasteiger partial charge in [0.1, 0.15) is 6.61 Å². The van der Waals surface area contributed by atoms with Crippen molar-refractivity contribution in [1.29, 1.82) is 0 Å². The summed E-state index contributed by atoms with van der Waals surface area (Å²) in [7, 11) is 0. The third-order valence-corrected chi connectivity index (χ3v) is 2.93. The Morgan fingerprint density at radius 3 is 2.80 bits per heavy atom. The van der Waals surface area contributed by atoms with E-state index in [0.717, 1.165) is 22.6 Å². The first-order valence-electron chi connectivity index (χ1n) is 6.31. The minimum Gasteiger partial charge on any atom is -0.389 e. The molecule has 1 heterocycles. The van der Waals surface area contributed by atoms with Crippen LogP contribution in [0, 0.1) is 13.8 Å². The molecule has 0 spiro atoms. The molecule has 5 nitrogen and oxygen atoms in total. The van der Waals surface area contributed by atoms with Gasteiger partial charge in [0.25, 0.3) is 0 Å². The molecular formula is C15H16N3O2. The molecule has 0 saturated carbocycles. The number of rotatable bonds is 5. The minimum absolute atomic E-state index is 0.254. The van der Waals surface area contributed by atoms with Crippen molar-refractivity contribution in [2.24, 2.45) is 5.16 Å². The first kappa shape index (κ1) is 14.1. The molecule has 0 unspecified atom stereocenters. The van der Waals surface area contributed by atoms with Crippen LogP contribution in [0.1, 0.15) is 28.2 Å². The zero-order chi connectivity index (χ0) is 14.4. The standard InChI is InChI=1S/C15H16N3O2/c1-11-12(2)18-15(8-16-11)10-20-17-7-13-5-3-4-6-14(13)9-19/h3-8H,9-10H2,1-2H3/b17-7+. The number of nitrogens with zero attached hydrogens (tertiary/aromatic N) is 3. The van der Waals surface area contributed by atoms with Crippen LogP contribution in [0.4, 0.5) is 0 Å². The second-order valence-electron chi connectivity index (χ2n) is 4.38. The Hall–Kier alpha value is -2.27. The van der Waals surface area contributed by atoms with Gasteiger partial charge in [-0.05, 0) is 19.4 Å². The van der Waals surface area contributed by atoms with Crippen molar-refractivity contribution < 1.29 is 9.94 Å². The van der Waals surface area contributed by atoms with Gasteiger partial charge in [-0.3, -0.25) is 9.97 Å². The molecule has 0 aliphatic heterocycles. The number of hydrogen-bond donors (Lipinski definition) is 0. The number of hydrogen-bond acceptors (Lipinski definition) is 4.